The first-order valence-electron chi connectivity index (χ1n) is 13.4. The third kappa shape index (κ3) is 4.37. The van der Waals surface area contributed by atoms with Gasteiger partial charge in [0.15, 0.2) is 0 Å². The van der Waals surface area contributed by atoms with Crippen LogP contribution in [0.15, 0.2) is 48.5 Å². The van der Waals surface area contributed by atoms with E-state index in [1.165, 1.54) is 0 Å². The molecule has 1 N–H and O–H groups in total. The van der Waals surface area contributed by atoms with E-state index in [-0.39, 0.29) is 18.5 Å². The number of hydrogen-bond donors (Lipinski definition) is 1. The van der Waals surface area contributed by atoms with Gasteiger partial charge in [-0.25, -0.2) is 9.69 Å². The number of nitrogens with one attached hydrogen (secondary N) is 1. The lowest BCUT2D eigenvalue weighted by Gasteiger charge is -2.31. The van der Waals surface area contributed by atoms with E-state index in [1.54, 1.807) is 0 Å². The number of rotatable bonds is 7. The quantitative estimate of drug-likeness (QED) is 0.627. The summed E-state index contributed by atoms with van der Waals surface area (Å²) in [6, 6.07) is 16.0. The fraction of sp³-hybridized carbons (Fsp3) is 0.483. The summed E-state index contributed by atoms with van der Waals surface area (Å²) in [5, 5.41) is 3.36. The number of amides is 3. The Balaban J connectivity index is 1.21. The Morgan fingerprint density at radius 2 is 1.89 bits per heavy atom. The van der Waals surface area contributed by atoms with Crippen LogP contribution in [0.1, 0.15) is 42.9 Å². The van der Waals surface area contributed by atoms with Crippen molar-refractivity contribution in [1.29, 1.82) is 0 Å². The number of piperazine rings is 1. The lowest BCUT2D eigenvalue weighted by Crippen LogP contribution is -2.47. The Hall–Kier alpha value is -3.39. The lowest BCUT2D eigenvalue weighted by molar-refractivity contribution is -0.143. The highest BCUT2D eigenvalue weighted by atomic mass is 16.6. The Morgan fingerprint density at radius 1 is 1.14 bits per heavy atom. The van der Waals surface area contributed by atoms with Gasteiger partial charge in [0.1, 0.15) is 6.54 Å². The van der Waals surface area contributed by atoms with Gasteiger partial charge in [-0.1, -0.05) is 36.4 Å². The van der Waals surface area contributed by atoms with Crippen LogP contribution in [-0.4, -0.2) is 66.5 Å². The predicted molar refractivity (Wildman–Crippen MR) is 139 cm³/mol. The van der Waals surface area contributed by atoms with E-state index in [1.807, 2.05) is 47.4 Å². The van der Waals surface area contributed by atoms with Crippen LogP contribution in [0.25, 0.3) is 0 Å². The van der Waals surface area contributed by atoms with Gasteiger partial charge >= 0.3 is 6.09 Å². The highest BCUT2D eigenvalue weighted by molar-refractivity contribution is 6.06. The van der Waals surface area contributed by atoms with Crippen LogP contribution in [0.4, 0.5) is 10.5 Å². The first kappa shape index (κ1) is 24.0. The molecule has 2 saturated heterocycles. The van der Waals surface area contributed by atoms with Crippen LogP contribution in [0.2, 0.25) is 0 Å². The number of fused-ring (bicyclic) bond motifs is 2. The minimum atomic E-state index is -1.32. The number of carbonyl (C=O) groups is 3. The molecule has 2 aliphatic heterocycles. The molecular weight excluding hydrogens is 468 g/mol. The second-order valence-electron chi connectivity index (χ2n) is 10.8. The maximum Gasteiger partial charge on any atom is 0.418 e. The number of nitrogens with zero attached hydrogens (tertiary/aromatic N) is 3. The minimum Gasteiger partial charge on any atom is -0.427 e. The van der Waals surface area contributed by atoms with E-state index in [2.05, 4.69) is 23.2 Å². The van der Waals surface area contributed by atoms with Crippen LogP contribution in [0.5, 0.6) is 0 Å². The summed E-state index contributed by atoms with van der Waals surface area (Å²) in [6.07, 6.45) is 2.54. The van der Waals surface area contributed by atoms with Gasteiger partial charge in [0, 0.05) is 56.4 Å². The van der Waals surface area contributed by atoms with Crippen molar-refractivity contribution < 1.29 is 19.1 Å². The highest BCUT2D eigenvalue weighted by Gasteiger charge is 2.58. The molecule has 4 aliphatic rings. The van der Waals surface area contributed by atoms with Crippen LogP contribution < -0.4 is 10.2 Å². The molecule has 194 valence electrons. The lowest BCUT2D eigenvalue weighted by atomic mass is 9.94. The Labute approximate surface area is 217 Å². The summed E-state index contributed by atoms with van der Waals surface area (Å²) in [5.74, 6) is -0.178. The van der Waals surface area contributed by atoms with Gasteiger partial charge in [0.25, 0.3) is 5.91 Å². The second kappa shape index (κ2) is 9.49. The summed E-state index contributed by atoms with van der Waals surface area (Å²) < 4.78 is 5.81. The van der Waals surface area contributed by atoms with Crippen molar-refractivity contribution >= 4 is 23.6 Å². The number of anilines is 1. The number of carbonyl (C=O) groups excluding carboxylic acids is 3. The second-order valence-corrected chi connectivity index (χ2v) is 10.8. The zero-order valence-electron chi connectivity index (χ0n) is 21.3. The number of aryl methyl sites for hydroxylation is 1. The fourth-order valence-electron chi connectivity index (χ4n) is 6.06. The maximum atomic E-state index is 13.7. The van der Waals surface area contributed by atoms with Crippen molar-refractivity contribution in [1.82, 2.24) is 15.1 Å². The molecule has 3 amide bonds. The summed E-state index contributed by atoms with van der Waals surface area (Å²) in [7, 11) is 0. The SMILES string of the molecule is CC(C1CC1)N(Cc1ccccc1)C(=O)CN1C(=O)OC2(CCc3cc(N4CCNCC4)ccc32)C1=O. The van der Waals surface area contributed by atoms with Crippen molar-refractivity contribution in [3.8, 4) is 0 Å². The predicted octanol–water partition coefficient (Wildman–Crippen LogP) is 3.04. The normalized spacial score (nSPS) is 23.8. The topological polar surface area (TPSA) is 82.2 Å². The van der Waals surface area contributed by atoms with Crippen molar-refractivity contribution in [2.24, 2.45) is 5.92 Å². The summed E-state index contributed by atoms with van der Waals surface area (Å²) in [6.45, 7) is 5.99. The molecule has 2 heterocycles. The third-order valence-corrected chi connectivity index (χ3v) is 8.43. The van der Waals surface area contributed by atoms with E-state index in [9.17, 15) is 14.4 Å². The molecule has 37 heavy (non-hydrogen) atoms. The standard InChI is InChI=1S/C29H34N4O4/c1-20(22-7-8-22)32(18-21-5-3-2-4-6-21)26(34)19-33-27(35)29(37-28(33)36)12-11-23-17-24(9-10-25(23)29)31-15-13-30-14-16-31/h2-6,9-10,17,20,22,30H,7-8,11-16,18-19H2,1H3. The van der Waals surface area contributed by atoms with Crippen molar-refractivity contribution in [3.05, 3.63) is 65.2 Å². The molecule has 3 fully saturated rings. The molecule has 8 heteroatoms. The fourth-order valence-corrected chi connectivity index (χ4v) is 6.06. The van der Waals surface area contributed by atoms with Gasteiger partial charge < -0.3 is 19.9 Å². The Morgan fingerprint density at radius 3 is 2.62 bits per heavy atom. The van der Waals surface area contributed by atoms with Crippen LogP contribution in [0, 0.1) is 5.92 Å². The average molecular weight is 503 g/mol. The molecule has 2 aromatic rings. The first-order chi connectivity index (χ1) is 18.0. The zero-order chi connectivity index (χ0) is 25.6. The number of hydrogen-bond acceptors (Lipinski definition) is 6. The molecule has 1 saturated carbocycles. The molecule has 0 bridgehead atoms. The zero-order valence-corrected chi connectivity index (χ0v) is 21.3. The van der Waals surface area contributed by atoms with Crippen molar-refractivity contribution in [2.75, 3.05) is 37.6 Å². The summed E-state index contributed by atoms with van der Waals surface area (Å²) in [5.41, 5.74) is 2.64. The molecular formula is C29H34N4O4. The van der Waals surface area contributed by atoms with Gasteiger partial charge in [-0.3, -0.25) is 9.59 Å². The van der Waals surface area contributed by atoms with Crippen LogP contribution in [0.3, 0.4) is 0 Å². The van der Waals surface area contributed by atoms with Crippen molar-refractivity contribution in [3.63, 3.8) is 0 Å². The molecule has 8 nitrogen and oxygen atoms in total. The van der Waals surface area contributed by atoms with E-state index >= 15 is 0 Å². The van der Waals surface area contributed by atoms with Gasteiger partial charge in [0.05, 0.1) is 0 Å². The van der Waals surface area contributed by atoms with Gasteiger partial charge in [-0.2, -0.15) is 0 Å². The van der Waals surface area contributed by atoms with Gasteiger partial charge in [0.2, 0.25) is 11.5 Å². The molecule has 0 radical (unpaired) electrons. The van der Waals surface area contributed by atoms with Crippen LogP contribution in [-0.2, 0) is 32.9 Å². The smallest absolute Gasteiger partial charge is 0.418 e. The van der Waals surface area contributed by atoms with Gasteiger partial charge in [-0.15, -0.1) is 0 Å². The molecule has 2 aliphatic carbocycles. The average Bonchev–Trinajstić information content (AvgIpc) is 3.68. The van der Waals surface area contributed by atoms with E-state index in [0.717, 1.165) is 66.3 Å². The molecule has 0 aromatic heterocycles. The third-order valence-electron chi connectivity index (χ3n) is 8.43. The minimum absolute atomic E-state index is 0.0472. The molecule has 6 rings (SSSR count). The van der Waals surface area contributed by atoms with E-state index < -0.39 is 17.6 Å². The molecule has 1 spiro atoms. The molecule has 2 atom stereocenters. The highest BCUT2D eigenvalue weighted by Crippen LogP contribution is 2.46. The summed E-state index contributed by atoms with van der Waals surface area (Å²) >= 11 is 0. The maximum absolute atomic E-state index is 13.7. The molecule has 2 unspecified atom stereocenters. The van der Waals surface area contributed by atoms with Crippen LogP contribution >= 0.6 is 0 Å². The first-order valence-corrected chi connectivity index (χ1v) is 13.4. The van der Waals surface area contributed by atoms with E-state index in [4.69, 9.17) is 4.74 Å². The number of benzene rings is 2. The van der Waals surface area contributed by atoms with E-state index in [0.29, 0.717) is 25.3 Å². The largest absolute Gasteiger partial charge is 0.427 e. The molecule has 2 aromatic carbocycles. The van der Waals surface area contributed by atoms with Crippen molar-refractivity contribution in [2.45, 2.75) is 50.8 Å². The number of imide groups is 1. The monoisotopic (exact) mass is 502 g/mol. The Bertz CT molecular complexity index is 1210. The number of ether oxygens (including phenoxy) is 1. The van der Waals surface area contributed by atoms with Gasteiger partial charge in [-0.05, 0) is 55.4 Å². The summed E-state index contributed by atoms with van der Waals surface area (Å²) in [4.78, 5) is 45.4. The Kier molecular flexibility index (Phi) is 6.15.